The van der Waals surface area contributed by atoms with Crippen LogP contribution in [0.5, 0.6) is 5.75 Å². The third-order valence-electron chi connectivity index (χ3n) is 3.68. The van der Waals surface area contributed by atoms with Crippen LogP contribution in [0.4, 0.5) is 0 Å². The molecule has 1 aliphatic heterocycles. The van der Waals surface area contributed by atoms with Gasteiger partial charge in [-0.1, -0.05) is 31.5 Å². The predicted molar refractivity (Wildman–Crippen MR) is 74.8 cm³/mol. The zero-order chi connectivity index (χ0) is 13.7. The SMILES string of the molecule is CCC1CC(=O)N(CCOc2ccccc2CN)C1. The highest BCUT2D eigenvalue weighted by Gasteiger charge is 2.27. The summed E-state index contributed by atoms with van der Waals surface area (Å²) in [5.41, 5.74) is 6.66. The summed E-state index contributed by atoms with van der Waals surface area (Å²) in [5.74, 6) is 1.59. The summed E-state index contributed by atoms with van der Waals surface area (Å²) < 4.78 is 5.73. The normalized spacial score (nSPS) is 18.9. The molecule has 1 fully saturated rings. The standard InChI is InChI=1S/C15H22N2O2/c1-2-12-9-15(18)17(11-12)7-8-19-14-6-4-3-5-13(14)10-16/h3-6,12H,2,7-11,16H2,1H3. The van der Waals surface area contributed by atoms with E-state index in [4.69, 9.17) is 10.5 Å². The fourth-order valence-electron chi connectivity index (χ4n) is 2.42. The van der Waals surface area contributed by atoms with Crippen LogP contribution in [0.3, 0.4) is 0 Å². The van der Waals surface area contributed by atoms with Gasteiger partial charge in [0.25, 0.3) is 0 Å². The van der Waals surface area contributed by atoms with Crippen molar-refractivity contribution >= 4 is 5.91 Å². The minimum atomic E-state index is 0.252. The molecule has 0 spiro atoms. The summed E-state index contributed by atoms with van der Waals surface area (Å²) >= 11 is 0. The predicted octanol–water partition coefficient (Wildman–Crippen LogP) is 1.78. The molecule has 1 atom stereocenters. The first-order chi connectivity index (χ1) is 9.24. The first kappa shape index (κ1) is 13.9. The topological polar surface area (TPSA) is 55.6 Å². The molecular formula is C15H22N2O2. The summed E-state index contributed by atoms with van der Waals surface area (Å²) in [6.45, 7) is 4.66. The first-order valence-electron chi connectivity index (χ1n) is 6.93. The van der Waals surface area contributed by atoms with Crippen molar-refractivity contribution in [3.63, 3.8) is 0 Å². The van der Waals surface area contributed by atoms with Gasteiger partial charge in [-0.25, -0.2) is 0 Å². The van der Waals surface area contributed by atoms with Crippen molar-refractivity contribution < 1.29 is 9.53 Å². The number of rotatable bonds is 6. The smallest absolute Gasteiger partial charge is 0.223 e. The molecule has 0 radical (unpaired) electrons. The molecule has 0 aromatic heterocycles. The Hall–Kier alpha value is -1.55. The Balaban J connectivity index is 1.82. The van der Waals surface area contributed by atoms with E-state index >= 15 is 0 Å². The van der Waals surface area contributed by atoms with Gasteiger partial charge in [-0.15, -0.1) is 0 Å². The molecule has 1 heterocycles. The van der Waals surface area contributed by atoms with Crippen LogP contribution in [0.25, 0.3) is 0 Å². The van der Waals surface area contributed by atoms with E-state index in [-0.39, 0.29) is 5.91 Å². The minimum absolute atomic E-state index is 0.252. The molecule has 1 aromatic rings. The van der Waals surface area contributed by atoms with E-state index in [9.17, 15) is 4.79 Å². The lowest BCUT2D eigenvalue weighted by Gasteiger charge is -2.17. The Kier molecular flexibility index (Phi) is 4.80. The molecule has 1 aliphatic rings. The maximum Gasteiger partial charge on any atom is 0.223 e. The van der Waals surface area contributed by atoms with Gasteiger partial charge in [0.1, 0.15) is 12.4 Å². The molecule has 0 bridgehead atoms. The van der Waals surface area contributed by atoms with Crippen LogP contribution in [0.1, 0.15) is 25.3 Å². The Labute approximate surface area is 114 Å². The van der Waals surface area contributed by atoms with Gasteiger partial charge in [-0.2, -0.15) is 0 Å². The highest BCUT2D eigenvalue weighted by molar-refractivity contribution is 5.78. The molecule has 1 amide bonds. The Morgan fingerprint density at radius 2 is 2.21 bits per heavy atom. The van der Waals surface area contributed by atoms with Gasteiger partial charge in [0.15, 0.2) is 0 Å². The molecule has 0 aliphatic carbocycles. The quantitative estimate of drug-likeness (QED) is 0.850. The lowest BCUT2D eigenvalue weighted by atomic mass is 10.1. The van der Waals surface area contributed by atoms with E-state index in [1.807, 2.05) is 29.2 Å². The van der Waals surface area contributed by atoms with Crippen molar-refractivity contribution in [1.82, 2.24) is 4.90 Å². The molecule has 2 N–H and O–H groups in total. The van der Waals surface area contributed by atoms with E-state index in [1.54, 1.807) is 0 Å². The van der Waals surface area contributed by atoms with Gasteiger partial charge >= 0.3 is 0 Å². The third kappa shape index (κ3) is 3.47. The Bertz CT molecular complexity index is 434. The van der Waals surface area contributed by atoms with Crippen molar-refractivity contribution in [3.05, 3.63) is 29.8 Å². The highest BCUT2D eigenvalue weighted by Crippen LogP contribution is 2.21. The van der Waals surface area contributed by atoms with Crippen molar-refractivity contribution in [3.8, 4) is 5.75 Å². The monoisotopic (exact) mass is 262 g/mol. The van der Waals surface area contributed by atoms with Gasteiger partial charge in [-0.3, -0.25) is 4.79 Å². The van der Waals surface area contributed by atoms with Crippen molar-refractivity contribution in [2.75, 3.05) is 19.7 Å². The number of amides is 1. The Morgan fingerprint density at radius 3 is 2.89 bits per heavy atom. The second-order valence-electron chi connectivity index (χ2n) is 4.98. The summed E-state index contributed by atoms with van der Waals surface area (Å²) in [5, 5.41) is 0. The molecule has 1 saturated heterocycles. The second-order valence-corrected chi connectivity index (χ2v) is 4.98. The number of benzene rings is 1. The average molecular weight is 262 g/mol. The molecule has 104 valence electrons. The number of hydrogen-bond acceptors (Lipinski definition) is 3. The first-order valence-corrected chi connectivity index (χ1v) is 6.93. The van der Waals surface area contributed by atoms with Crippen LogP contribution < -0.4 is 10.5 Å². The van der Waals surface area contributed by atoms with Crippen molar-refractivity contribution in [2.24, 2.45) is 11.7 Å². The minimum Gasteiger partial charge on any atom is -0.491 e. The van der Waals surface area contributed by atoms with Crippen LogP contribution in [-0.4, -0.2) is 30.5 Å². The Morgan fingerprint density at radius 1 is 1.42 bits per heavy atom. The van der Waals surface area contributed by atoms with Crippen molar-refractivity contribution in [2.45, 2.75) is 26.3 Å². The highest BCUT2D eigenvalue weighted by atomic mass is 16.5. The molecule has 1 unspecified atom stereocenters. The van der Waals surface area contributed by atoms with Crippen molar-refractivity contribution in [1.29, 1.82) is 0 Å². The molecule has 1 aromatic carbocycles. The molecule has 4 nitrogen and oxygen atoms in total. The summed E-state index contributed by atoms with van der Waals surface area (Å²) in [6, 6.07) is 7.76. The van der Waals surface area contributed by atoms with Crippen LogP contribution in [0.15, 0.2) is 24.3 Å². The fourth-order valence-corrected chi connectivity index (χ4v) is 2.42. The zero-order valence-electron chi connectivity index (χ0n) is 11.5. The molecule has 19 heavy (non-hydrogen) atoms. The van der Waals surface area contributed by atoms with Gasteiger partial charge in [0, 0.05) is 25.1 Å². The lowest BCUT2D eigenvalue weighted by Crippen LogP contribution is -2.30. The number of hydrogen-bond donors (Lipinski definition) is 1. The summed E-state index contributed by atoms with van der Waals surface area (Å²) in [4.78, 5) is 13.7. The van der Waals surface area contributed by atoms with E-state index in [0.29, 0.717) is 32.0 Å². The number of nitrogens with zero attached hydrogens (tertiary/aromatic N) is 1. The second kappa shape index (κ2) is 6.57. The van der Waals surface area contributed by atoms with Crippen LogP contribution in [0, 0.1) is 5.92 Å². The van der Waals surface area contributed by atoms with Crippen LogP contribution in [0.2, 0.25) is 0 Å². The van der Waals surface area contributed by atoms with Gasteiger partial charge in [0.05, 0.1) is 6.54 Å². The van der Waals surface area contributed by atoms with Crippen LogP contribution >= 0.6 is 0 Å². The van der Waals surface area contributed by atoms with E-state index in [0.717, 1.165) is 24.3 Å². The van der Waals surface area contributed by atoms with Gasteiger partial charge in [-0.05, 0) is 12.0 Å². The number of carbonyl (C=O) groups excluding carboxylic acids is 1. The van der Waals surface area contributed by atoms with E-state index < -0.39 is 0 Å². The van der Waals surface area contributed by atoms with Crippen LogP contribution in [-0.2, 0) is 11.3 Å². The molecule has 4 heteroatoms. The number of nitrogens with two attached hydrogens (primary N) is 1. The fraction of sp³-hybridized carbons (Fsp3) is 0.533. The number of ether oxygens (including phenoxy) is 1. The average Bonchev–Trinajstić information content (AvgIpc) is 2.80. The lowest BCUT2D eigenvalue weighted by molar-refractivity contribution is -0.128. The molecular weight excluding hydrogens is 240 g/mol. The molecule has 0 saturated carbocycles. The number of carbonyl (C=O) groups is 1. The van der Waals surface area contributed by atoms with Gasteiger partial charge in [0.2, 0.25) is 5.91 Å². The van der Waals surface area contributed by atoms with E-state index in [1.165, 1.54) is 0 Å². The zero-order valence-corrected chi connectivity index (χ0v) is 11.5. The summed E-state index contributed by atoms with van der Waals surface area (Å²) in [7, 11) is 0. The van der Waals surface area contributed by atoms with E-state index in [2.05, 4.69) is 6.92 Å². The van der Waals surface area contributed by atoms with Gasteiger partial charge < -0.3 is 15.4 Å². The maximum absolute atomic E-state index is 11.8. The molecule has 2 rings (SSSR count). The maximum atomic E-state index is 11.8. The summed E-state index contributed by atoms with van der Waals surface area (Å²) in [6.07, 6.45) is 1.76. The third-order valence-corrected chi connectivity index (χ3v) is 3.68. The largest absolute Gasteiger partial charge is 0.491 e. The number of para-hydroxylation sites is 1. The number of likely N-dealkylation sites (tertiary alicyclic amines) is 1.